The van der Waals surface area contributed by atoms with Crippen molar-refractivity contribution in [2.24, 2.45) is 5.73 Å². The molecule has 0 saturated carbocycles. The highest BCUT2D eigenvalue weighted by Gasteiger charge is 2.12. The molecule has 1 unspecified atom stereocenters. The Morgan fingerprint density at radius 2 is 2.38 bits per heavy atom. The van der Waals surface area contributed by atoms with Crippen LogP contribution in [0, 0.1) is 0 Å². The number of aromatic nitrogens is 1. The van der Waals surface area contributed by atoms with Gasteiger partial charge in [-0.15, -0.1) is 11.3 Å². The Bertz CT molecular complexity index is 479. The van der Waals surface area contributed by atoms with E-state index in [4.69, 9.17) is 10.5 Å². The van der Waals surface area contributed by atoms with Crippen LogP contribution in [0.5, 0.6) is 5.75 Å². The number of ether oxygens (including phenoxy) is 1. The van der Waals surface area contributed by atoms with Crippen molar-refractivity contribution >= 4 is 21.6 Å². The first-order chi connectivity index (χ1) is 7.78. The monoisotopic (exact) mass is 237 g/mol. The number of hydrogen-bond acceptors (Lipinski definition) is 5. The van der Waals surface area contributed by atoms with Gasteiger partial charge in [0.05, 0.1) is 23.4 Å². The predicted molar refractivity (Wildman–Crippen MR) is 67.0 cm³/mol. The maximum atomic E-state index is 5.67. The van der Waals surface area contributed by atoms with Crippen LogP contribution in [0.15, 0.2) is 18.2 Å². The molecule has 1 heterocycles. The van der Waals surface area contributed by atoms with Crippen LogP contribution in [0.3, 0.4) is 0 Å². The lowest BCUT2D eigenvalue weighted by Gasteiger charge is -2.08. The first-order valence-electron chi connectivity index (χ1n) is 5.10. The summed E-state index contributed by atoms with van der Waals surface area (Å²) in [7, 11) is 3.56. The summed E-state index contributed by atoms with van der Waals surface area (Å²) < 4.78 is 6.31. The SMILES string of the molecule is CNC(CN)c1nc2ccc(OC)cc2s1. The molecule has 1 aromatic carbocycles. The zero-order chi connectivity index (χ0) is 11.5. The summed E-state index contributed by atoms with van der Waals surface area (Å²) in [6.07, 6.45) is 0. The Balaban J connectivity index is 2.43. The Hall–Kier alpha value is -1.17. The first kappa shape index (κ1) is 11.3. The molecule has 0 radical (unpaired) electrons. The van der Waals surface area contributed by atoms with Crippen molar-refractivity contribution in [3.63, 3.8) is 0 Å². The molecule has 0 aliphatic rings. The smallest absolute Gasteiger partial charge is 0.120 e. The molecule has 3 N–H and O–H groups in total. The molecule has 4 nitrogen and oxygen atoms in total. The van der Waals surface area contributed by atoms with Gasteiger partial charge in [0.2, 0.25) is 0 Å². The van der Waals surface area contributed by atoms with Crippen LogP contribution < -0.4 is 15.8 Å². The quantitative estimate of drug-likeness (QED) is 0.846. The van der Waals surface area contributed by atoms with Gasteiger partial charge >= 0.3 is 0 Å². The van der Waals surface area contributed by atoms with E-state index in [0.29, 0.717) is 6.54 Å². The van der Waals surface area contributed by atoms with E-state index in [-0.39, 0.29) is 6.04 Å². The van der Waals surface area contributed by atoms with Crippen molar-refractivity contribution in [1.29, 1.82) is 0 Å². The first-order valence-corrected chi connectivity index (χ1v) is 5.92. The number of nitrogens with zero attached hydrogens (tertiary/aromatic N) is 1. The van der Waals surface area contributed by atoms with Crippen LogP contribution >= 0.6 is 11.3 Å². The van der Waals surface area contributed by atoms with E-state index in [1.54, 1.807) is 18.4 Å². The second-order valence-electron chi connectivity index (χ2n) is 3.46. The average molecular weight is 237 g/mol. The fraction of sp³-hybridized carbons (Fsp3) is 0.364. The van der Waals surface area contributed by atoms with Gasteiger partial charge in [-0.2, -0.15) is 0 Å². The summed E-state index contributed by atoms with van der Waals surface area (Å²) in [5.41, 5.74) is 6.67. The van der Waals surface area contributed by atoms with E-state index in [2.05, 4.69) is 10.3 Å². The molecule has 0 aliphatic heterocycles. The molecule has 5 heteroatoms. The van der Waals surface area contributed by atoms with E-state index in [9.17, 15) is 0 Å². The standard InChI is InChI=1S/C11H15N3OS/c1-13-9(6-12)11-14-8-4-3-7(15-2)5-10(8)16-11/h3-5,9,13H,6,12H2,1-2H3. The van der Waals surface area contributed by atoms with Crippen molar-refractivity contribution in [3.05, 3.63) is 23.2 Å². The van der Waals surface area contributed by atoms with Crippen molar-refractivity contribution in [2.45, 2.75) is 6.04 Å². The van der Waals surface area contributed by atoms with Gasteiger partial charge in [0.1, 0.15) is 10.8 Å². The number of rotatable bonds is 4. The third-order valence-corrected chi connectivity index (χ3v) is 3.63. The number of nitrogens with two attached hydrogens (primary N) is 1. The van der Waals surface area contributed by atoms with Crippen LogP contribution in [0.1, 0.15) is 11.0 Å². The summed E-state index contributed by atoms with van der Waals surface area (Å²) in [6.45, 7) is 0.549. The molecule has 86 valence electrons. The summed E-state index contributed by atoms with van der Waals surface area (Å²) in [5, 5.41) is 4.17. The van der Waals surface area contributed by atoms with Crippen LogP contribution in [-0.4, -0.2) is 25.7 Å². The predicted octanol–water partition coefficient (Wildman–Crippen LogP) is 1.52. The molecule has 16 heavy (non-hydrogen) atoms. The average Bonchev–Trinajstić information content (AvgIpc) is 2.72. The summed E-state index contributed by atoms with van der Waals surface area (Å²) in [6, 6.07) is 6.02. The van der Waals surface area contributed by atoms with E-state index >= 15 is 0 Å². The summed E-state index contributed by atoms with van der Waals surface area (Å²) in [5.74, 6) is 0.858. The normalized spacial score (nSPS) is 12.9. The summed E-state index contributed by atoms with van der Waals surface area (Å²) in [4.78, 5) is 4.55. The third kappa shape index (κ3) is 2.02. The van der Waals surface area contributed by atoms with Gasteiger partial charge in [0.15, 0.2) is 0 Å². The maximum absolute atomic E-state index is 5.67. The Kier molecular flexibility index (Phi) is 3.38. The molecule has 1 aromatic heterocycles. The van der Waals surface area contributed by atoms with Crippen molar-refractivity contribution in [2.75, 3.05) is 20.7 Å². The molecule has 0 bridgehead atoms. The summed E-state index contributed by atoms with van der Waals surface area (Å²) >= 11 is 1.65. The van der Waals surface area contributed by atoms with Gasteiger partial charge in [-0.1, -0.05) is 0 Å². The van der Waals surface area contributed by atoms with Gasteiger partial charge in [0.25, 0.3) is 0 Å². The second kappa shape index (κ2) is 4.78. The Morgan fingerprint density at radius 3 is 3.00 bits per heavy atom. The number of methoxy groups -OCH3 is 1. The van der Waals surface area contributed by atoms with E-state index in [1.807, 2.05) is 25.2 Å². The molecule has 2 rings (SSSR count). The van der Waals surface area contributed by atoms with Crippen LogP contribution in [-0.2, 0) is 0 Å². The number of nitrogens with one attached hydrogen (secondary N) is 1. The molecule has 0 saturated heterocycles. The molecular formula is C11H15N3OS. The van der Waals surface area contributed by atoms with Gasteiger partial charge in [-0.25, -0.2) is 4.98 Å². The van der Waals surface area contributed by atoms with Crippen LogP contribution in [0.4, 0.5) is 0 Å². The van der Waals surface area contributed by atoms with Gasteiger partial charge in [0, 0.05) is 6.54 Å². The number of likely N-dealkylation sites (N-methyl/N-ethyl adjacent to an activating group) is 1. The highest BCUT2D eigenvalue weighted by Crippen LogP contribution is 2.28. The minimum atomic E-state index is 0.128. The van der Waals surface area contributed by atoms with Crippen molar-refractivity contribution in [1.82, 2.24) is 10.3 Å². The van der Waals surface area contributed by atoms with E-state index in [0.717, 1.165) is 21.0 Å². The van der Waals surface area contributed by atoms with E-state index in [1.165, 1.54) is 0 Å². The zero-order valence-electron chi connectivity index (χ0n) is 9.36. The fourth-order valence-electron chi connectivity index (χ4n) is 1.54. The topological polar surface area (TPSA) is 60.2 Å². The third-order valence-electron chi connectivity index (χ3n) is 2.49. The molecule has 2 aromatic rings. The minimum absolute atomic E-state index is 0.128. The lowest BCUT2D eigenvalue weighted by atomic mass is 10.3. The largest absolute Gasteiger partial charge is 0.497 e. The van der Waals surface area contributed by atoms with Gasteiger partial charge in [-0.05, 0) is 25.2 Å². The number of fused-ring (bicyclic) bond motifs is 1. The molecular weight excluding hydrogens is 222 g/mol. The van der Waals surface area contributed by atoms with Crippen molar-refractivity contribution in [3.8, 4) is 5.75 Å². The minimum Gasteiger partial charge on any atom is -0.497 e. The number of thiazole rings is 1. The Labute approximate surface area is 98.4 Å². The highest BCUT2D eigenvalue weighted by molar-refractivity contribution is 7.18. The van der Waals surface area contributed by atoms with Crippen LogP contribution in [0.2, 0.25) is 0 Å². The lowest BCUT2D eigenvalue weighted by Crippen LogP contribution is -2.24. The van der Waals surface area contributed by atoms with Gasteiger partial charge < -0.3 is 15.8 Å². The molecule has 0 aliphatic carbocycles. The van der Waals surface area contributed by atoms with Gasteiger partial charge in [-0.3, -0.25) is 0 Å². The lowest BCUT2D eigenvalue weighted by molar-refractivity contribution is 0.415. The fourth-order valence-corrected chi connectivity index (χ4v) is 2.66. The maximum Gasteiger partial charge on any atom is 0.120 e. The van der Waals surface area contributed by atoms with Crippen LogP contribution in [0.25, 0.3) is 10.2 Å². The number of hydrogen-bond donors (Lipinski definition) is 2. The molecule has 0 amide bonds. The van der Waals surface area contributed by atoms with Crippen molar-refractivity contribution < 1.29 is 4.74 Å². The molecule has 0 fully saturated rings. The highest BCUT2D eigenvalue weighted by atomic mass is 32.1. The van der Waals surface area contributed by atoms with E-state index < -0.39 is 0 Å². The Morgan fingerprint density at radius 1 is 1.56 bits per heavy atom. The molecule has 0 spiro atoms. The zero-order valence-corrected chi connectivity index (χ0v) is 10.2. The second-order valence-corrected chi connectivity index (χ2v) is 4.52. The molecule has 1 atom stereocenters. The number of benzene rings is 1.